The zero-order valence-corrected chi connectivity index (χ0v) is 18.0. The zero-order chi connectivity index (χ0) is 20.9. The van der Waals surface area contributed by atoms with E-state index < -0.39 is 19.9 Å². The normalized spacial score (nSPS) is 13.0. The highest BCUT2D eigenvalue weighted by Gasteiger charge is 2.23. The van der Waals surface area contributed by atoms with Crippen LogP contribution in [-0.2, 0) is 25.3 Å². The standard InChI is InChI=1S/C18H19ClN2O5S2/c1-18(2,3)17-20-14-9-11(5-8-15(14)26-17)21-28(24,25)16-10-12(27(4,22)23)6-7-13(16)19/h5-10,21H,1-4H3. The monoisotopic (exact) mass is 442 g/mol. The van der Waals surface area contributed by atoms with E-state index in [4.69, 9.17) is 16.0 Å². The number of sulfone groups is 1. The van der Waals surface area contributed by atoms with Crippen molar-refractivity contribution in [1.82, 2.24) is 4.98 Å². The van der Waals surface area contributed by atoms with Gasteiger partial charge in [-0.15, -0.1) is 0 Å². The molecule has 3 rings (SSSR count). The molecule has 0 aliphatic heterocycles. The van der Waals surface area contributed by atoms with Crippen molar-refractivity contribution in [2.75, 3.05) is 11.0 Å². The van der Waals surface area contributed by atoms with Crippen molar-refractivity contribution < 1.29 is 21.3 Å². The summed E-state index contributed by atoms with van der Waals surface area (Å²) in [5.74, 6) is 0.534. The Morgan fingerprint density at radius 1 is 1.04 bits per heavy atom. The van der Waals surface area contributed by atoms with E-state index in [1.54, 1.807) is 12.1 Å². The van der Waals surface area contributed by atoms with E-state index in [0.717, 1.165) is 12.3 Å². The van der Waals surface area contributed by atoms with Gasteiger partial charge in [-0.1, -0.05) is 32.4 Å². The first-order chi connectivity index (χ1) is 12.8. The second-order valence-electron chi connectivity index (χ2n) is 7.42. The quantitative estimate of drug-likeness (QED) is 0.654. The smallest absolute Gasteiger partial charge is 0.263 e. The molecular weight excluding hydrogens is 424 g/mol. The molecule has 28 heavy (non-hydrogen) atoms. The molecule has 10 heteroatoms. The fraction of sp³-hybridized carbons (Fsp3) is 0.278. The third-order valence-electron chi connectivity index (χ3n) is 3.90. The first-order valence-corrected chi connectivity index (χ1v) is 12.0. The number of fused-ring (bicyclic) bond motifs is 1. The summed E-state index contributed by atoms with van der Waals surface area (Å²) in [7, 11) is -7.71. The Labute approximate surface area is 168 Å². The lowest BCUT2D eigenvalue weighted by molar-refractivity contribution is 0.411. The average molecular weight is 443 g/mol. The lowest BCUT2D eigenvalue weighted by atomic mass is 9.97. The minimum Gasteiger partial charge on any atom is -0.440 e. The summed E-state index contributed by atoms with van der Waals surface area (Å²) in [5, 5.41) is -0.0857. The third kappa shape index (κ3) is 4.16. The first kappa shape index (κ1) is 20.6. The van der Waals surface area contributed by atoms with Gasteiger partial charge in [0.1, 0.15) is 10.4 Å². The van der Waals surface area contributed by atoms with E-state index >= 15 is 0 Å². The van der Waals surface area contributed by atoms with Crippen LogP contribution in [0.15, 0.2) is 50.6 Å². The number of halogens is 1. The van der Waals surface area contributed by atoms with E-state index in [1.165, 1.54) is 18.2 Å². The van der Waals surface area contributed by atoms with Crippen molar-refractivity contribution in [1.29, 1.82) is 0 Å². The molecule has 0 unspecified atom stereocenters. The Bertz CT molecular complexity index is 1270. The fourth-order valence-corrected chi connectivity index (χ4v) is 4.74. The van der Waals surface area contributed by atoms with E-state index in [2.05, 4.69) is 9.71 Å². The van der Waals surface area contributed by atoms with E-state index in [0.29, 0.717) is 17.0 Å². The molecule has 1 heterocycles. The van der Waals surface area contributed by atoms with Crippen molar-refractivity contribution in [2.24, 2.45) is 0 Å². The summed E-state index contributed by atoms with van der Waals surface area (Å²) in [5.41, 5.74) is 0.992. The third-order valence-corrected chi connectivity index (χ3v) is 6.87. The molecule has 3 aromatic rings. The molecule has 0 aliphatic carbocycles. The summed E-state index contributed by atoms with van der Waals surface area (Å²) in [4.78, 5) is 3.94. The van der Waals surface area contributed by atoms with Crippen LogP contribution in [0.5, 0.6) is 0 Å². The van der Waals surface area contributed by atoms with E-state index in [9.17, 15) is 16.8 Å². The topological polar surface area (TPSA) is 106 Å². The van der Waals surface area contributed by atoms with E-state index in [-0.39, 0.29) is 25.9 Å². The Morgan fingerprint density at radius 2 is 1.71 bits per heavy atom. The molecule has 0 radical (unpaired) electrons. The molecular formula is C18H19ClN2O5S2. The zero-order valence-electron chi connectivity index (χ0n) is 15.6. The van der Waals surface area contributed by atoms with Gasteiger partial charge in [0.25, 0.3) is 10.0 Å². The predicted molar refractivity (Wildman–Crippen MR) is 108 cm³/mol. The van der Waals surface area contributed by atoms with Crippen molar-refractivity contribution in [2.45, 2.75) is 36.0 Å². The van der Waals surface area contributed by atoms with Crippen LogP contribution in [-0.4, -0.2) is 28.1 Å². The maximum atomic E-state index is 12.8. The van der Waals surface area contributed by atoms with Gasteiger partial charge < -0.3 is 4.42 Å². The first-order valence-electron chi connectivity index (χ1n) is 8.21. The highest BCUT2D eigenvalue weighted by molar-refractivity contribution is 7.93. The SMILES string of the molecule is CC(C)(C)c1nc2cc(NS(=O)(=O)c3cc(S(C)(=O)=O)ccc3Cl)ccc2o1. The lowest BCUT2D eigenvalue weighted by Crippen LogP contribution is -2.14. The van der Waals surface area contributed by atoms with Gasteiger partial charge in [0.2, 0.25) is 5.89 Å². The summed E-state index contributed by atoms with van der Waals surface area (Å²) in [6, 6.07) is 8.22. The second kappa shape index (κ2) is 6.75. The number of hydrogen-bond acceptors (Lipinski definition) is 6. The number of benzene rings is 2. The number of anilines is 1. The van der Waals surface area contributed by atoms with Crippen LogP contribution in [0.2, 0.25) is 5.02 Å². The van der Waals surface area contributed by atoms with Crippen LogP contribution in [0.4, 0.5) is 5.69 Å². The molecule has 0 spiro atoms. The average Bonchev–Trinajstić information content (AvgIpc) is 2.97. The largest absolute Gasteiger partial charge is 0.440 e. The maximum Gasteiger partial charge on any atom is 0.263 e. The molecule has 7 nitrogen and oxygen atoms in total. The molecule has 0 amide bonds. The highest BCUT2D eigenvalue weighted by atomic mass is 35.5. The van der Waals surface area contributed by atoms with Crippen LogP contribution >= 0.6 is 11.6 Å². The second-order valence-corrected chi connectivity index (χ2v) is 11.5. The minimum absolute atomic E-state index is 0.0857. The number of nitrogens with one attached hydrogen (secondary N) is 1. The summed E-state index contributed by atoms with van der Waals surface area (Å²) in [6.45, 7) is 5.87. The molecule has 1 aromatic heterocycles. The van der Waals surface area contributed by atoms with Gasteiger partial charge in [-0.25, -0.2) is 21.8 Å². The number of hydrogen-bond donors (Lipinski definition) is 1. The minimum atomic E-state index is -4.12. The molecule has 0 aliphatic rings. The van der Waals surface area contributed by atoms with E-state index in [1.807, 2.05) is 20.8 Å². The van der Waals surface area contributed by atoms with Gasteiger partial charge in [-0.05, 0) is 36.4 Å². The van der Waals surface area contributed by atoms with Gasteiger partial charge in [-0.2, -0.15) is 0 Å². The van der Waals surface area contributed by atoms with Crippen LogP contribution < -0.4 is 4.72 Å². The maximum absolute atomic E-state index is 12.8. The Balaban J connectivity index is 2.01. The predicted octanol–water partition coefficient (Wildman–Crippen LogP) is 3.98. The number of sulfonamides is 1. The van der Waals surface area contributed by atoms with Gasteiger partial charge in [-0.3, -0.25) is 4.72 Å². The molecule has 0 saturated heterocycles. The van der Waals surface area contributed by atoms with Crippen molar-refractivity contribution in [3.63, 3.8) is 0 Å². The van der Waals surface area contributed by atoms with Gasteiger partial charge in [0.05, 0.1) is 15.6 Å². The molecule has 1 N–H and O–H groups in total. The number of rotatable bonds is 4. The van der Waals surface area contributed by atoms with Crippen molar-refractivity contribution in [3.05, 3.63) is 47.3 Å². The van der Waals surface area contributed by atoms with Crippen LogP contribution in [0.25, 0.3) is 11.1 Å². The number of oxazole rings is 1. The van der Waals surface area contributed by atoms with Crippen LogP contribution in [0.3, 0.4) is 0 Å². The molecule has 0 fully saturated rings. The summed E-state index contributed by atoms with van der Waals surface area (Å²) < 4.78 is 57.1. The van der Waals surface area contributed by atoms with Gasteiger partial charge >= 0.3 is 0 Å². The molecule has 0 bridgehead atoms. The summed E-state index contributed by atoms with van der Waals surface area (Å²) in [6.07, 6.45) is 0.991. The fourth-order valence-electron chi connectivity index (χ4n) is 2.44. The lowest BCUT2D eigenvalue weighted by Gasteiger charge is -2.11. The van der Waals surface area contributed by atoms with Crippen molar-refractivity contribution >= 4 is 48.2 Å². The van der Waals surface area contributed by atoms with Crippen LogP contribution in [0.1, 0.15) is 26.7 Å². The summed E-state index contributed by atoms with van der Waals surface area (Å²) >= 11 is 6.00. The number of aromatic nitrogens is 1. The Kier molecular flexibility index (Phi) is 4.97. The molecule has 0 atom stereocenters. The Morgan fingerprint density at radius 3 is 2.32 bits per heavy atom. The molecule has 150 valence electrons. The number of nitrogens with zero attached hydrogens (tertiary/aromatic N) is 1. The molecule has 2 aromatic carbocycles. The Hall–Kier alpha value is -2.10. The van der Waals surface area contributed by atoms with Gasteiger partial charge in [0.15, 0.2) is 15.4 Å². The molecule has 0 saturated carbocycles. The van der Waals surface area contributed by atoms with Crippen molar-refractivity contribution in [3.8, 4) is 0 Å². The van der Waals surface area contributed by atoms with Crippen LogP contribution in [0, 0.1) is 0 Å². The highest BCUT2D eigenvalue weighted by Crippen LogP contribution is 2.30. The van der Waals surface area contributed by atoms with Gasteiger partial charge in [0, 0.05) is 11.7 Å².